The normalized spacial score (nSPS) is 23.9. The maximum absolute atomic E-state index is 11.9. The average Bonchev–Trinajstić information content (AvgIpc) is 2.45. The molecular weight excluding hydrogens is 256 g/mol. The second-order valence-corrected chi connectivity index (χ2v) is 5.58. The number of carbonyl (C=O) groups is 2. The standard InChI is InChI=1S/C15H28N2O3/c1-3-11(10-16)9-14(18)17-13-7-5-12(6-8-13)15(19)20-4-2/h11-13H,3-10,16H2,1-2H3,(H,17,18). The fourth-order valence-corrected chi connectivity index (χ4v) is 2.68. The Hall–Kier alpha value is -1.10. The molecule has 116 valence electrons. The molecule has 0 bridgehead atoms. The zero-order valence-corrected chi connectivity index (χ0v) is 12.7. The monoisotopic (exact) mass is 284 g/mol. The van der Waals surface area contributed by atoms with E-state index in [0.29, 0.717) is 19.6 Å². The molecule has 0 saturated heterocycles. The number of nitrogens with two attached hydrogens (primary N) is 1. The summed E-state index contributed by atoms with van der Waals surface area (Å²) >= 11 is 0. The van der Waals surface area contributed by atoms with E-state index < -0.39 is 0 Å². The minimum absolute atomic E-state index is 0.00975. The van der Waals surface area contributed by atoms with Crippen LogP contribution in [0.2, 0.25) is 0 Å². The van der Waals surface area contributed by atoms with Crippen LogP contribution in [-0.2, 0) is 14.3 Å². The predicted octanol–water partition coefficient (Wildman–Crippen LogP) is 1.60. The Kier molecular flexibility index (Phi) is 7.59. The summed E-state index contributed by atoms with van der Waals surface area (Å²) in [5.74, 6) is 0.273. The summed E-state index contributed by atoms with van der Waals surface area (Å²) in [6.07, 6.45) is 4.75. The molecule has 1 aliphatic rings. The van der Waals surface area contributed by atoms with E-state index in [1.54, 1.807) is 0 Å². The lowest BCUT2D eigenvalue weighted by Gasteiger charge is -2.28. The fourth-order valence-electron chi connectivity index (χ4n) is 2.68. The highest BCUT2D eigenvalue weighted by Crippen LogP contribution is 2.25. The van der Waals surface area contributed by atoms with Crippen LogP contribution in [0.15, 0.2) is 0 Å². The first kappa shape index (κ1) is 17.0. The molecule has 1 saturated carbocycles. The van der Waals surface area contributed by atoms with Gasteiger partial charge in [0.2, 0.25) is 5.91 Å². The van der Waals surface area contributed by atoms with Gasteiger partial charge in [-0.15, -0.1) is 0 Å². The fraction of sp³-hybridized carbons (Fsp3) is 0.867. The number of ether oxygens (including phenoxy) is 1. The van der Waals surface area contributed by atoms with Crippen molar-refractivity contribution in [1.82, 2.24) is 5.32 Å². The SMILES string of the molecule is CCOC(=O)C1CCC(NC(=O)CC(CC)CN)CC1. The van der Waals surface area contributed by atoms with Crippen molar-refractivity contribution >= 4 is 11.9 Å². The van der Waals surface area contributed by atoms with Gasteiger partial charge in [-0.25, -0.2) is 0 Å². The van der Waals surface area contributed by atoms with E-state index in [1.165, 1.54) is 0 Å². The van der Waals surface area contributed by atoms with Crippen LogP contribution in [0.25, 0.3) is 0 Å². The van der Waals surface area contributed by atoms with E-state index >= 15 is 0 Å². The third-order valence-corrected chi connectivity index (χ3v) is 4.10. The molecule has 0 aliphatic heterocycles. The van der Waals surface area contributed by atoms with E-state index in [9.17, 15) is 9.59 Å². The minimum atomic E-state index is -0.0912. The number of nitrogens with one attached hydrogen (secondary N) is 1. The lowest BCUT2D eigenvalue weighted by atomic mass is 9.86. The third-order valence-electron chi connectivity index (χ3n) is 4.10. The highest BCUT2D eigenvalue weighted by atomic mass is 16.5. The smallest absolute Gasteiger partial charge is 0.308 e. The highest BCUT2D eigenvalue weighted by Gasteiger charge is 2.28. The Morgan fingerprint density at radius 3 is 2.40 bits per heavy atom. The van der Waals surface area contributed by atoms with Crippen molar-refractivity contribution in [3.63, 3.8) is 0 Å². The summed E-state index contributed by atoms with van der Waals surface area (Å²) in [4.78, 5) is 23.5. The molecule has 5 heteroatoms. The molecule has 0 aromatic rings. The summed E-state index contributed by atoms with van der Waals surface area (Å²) in [6.45, 7) is 4.87. The molecule has 0 radical (unpaired) electrons. The minimum Gasteiger partial charge on any atom is -0.466 e. The van der Waals surface area contributed by atoms with E-state index in [4.69, 9.17) is 10.5 Å². The number of rotatable bonds is 7. The molecule has 1 unspecified atom stereocenters. The predicted molar refractivity (Wildman–Crippen MR) is 78.0 cm³/mol. The second kappa shape index (κ2) is 8.95. The second-order valence-electron chi connectivity index (χ2n) is 5.58. The van der Waals surface area contributed by atoms with E-state index in [0.717, 1.165) is 32.1 Å². The van der Waals surface area contributed by atoms with Crippen LogP contribution < -0.4 is 11.1 Å². The molecule has 1 atom stereocenters. The Morgan fingerprint density at radius 2 is 1.90 bits per heavy atom. The summed E-state index contributed by atoms with van der Waals surface area (Å²) < 4.78 is 5.04. The molecule has 5 nitrogen and oxygen atoms in total. The van der Waals surface area contributed by atoms with Crippen LogP contribution in [0.3, 0.4) is 0 Å². The Balaban J connectivity index is 2.28. The quantitative estimate of drug-likeness (QED) is 0.696. The van der Waals surface area contributed by atoms with Gasteiger partial charge >= 0.3 is 5.97 Å². The van der Waals surface area contributed by atoms with Crippen LogP contribution in [0.4, 0.5) is 0 Å². The van der Waals surface area contributed by atoms with Crippen molar-refractivity contribution in [3.05, 3.63) is 0 Å². The van der Waals surface area contributed by atoms with E-state index in [2.05, 4.69) is 12.2 Å². The van der Waals surface area contributed by atoms with Gasteiger partial charge in [-0.1, -0.05) is 13.3 Å². The van der Waals surface area contributed by atoms with Crippen molar-refractivity contribution < 1.29 is 14.3 Å². The van der Waals surface area contributed by atoms with Crippen LogP contribution in [-0.4, -0.2) is 31.1 Å². The molecule has 0 spiro atoms. The van der Waals surface area contributed by atoms with Gasteiger partial charge in [0.1, 0.15) is 0 Å². The first-order chi connectivity index (χ1) is 9.60. The van der Waals surface area contributed by atoms with Crippen molar-refractivity contribution in [2.45, 2.75) is 58.4 Å². The van der Waals surface area contributed by atoms with Crippen molar-refractivity contribution in [2.75, 3.05) is 13.2 Å². The van der Waals surface area contributed by atoms with Crippen LogP contribution >= 0.6 is 0 Å². The Labute approximate surface area is 121 Å². The van der Waals surface area contributed by atoms with Crippen LogP contribution in [0.1, 0.15) is 52.4 Å². The molecule has 20 heavy (non-hydrogen) atoms. The molecule has 0 aromatic heterocycles. The molecule has 1 aliphatic carbocycles. The molecule has 1 fully saturated rings. The molecule has 1 rings (SSSR count). The van der Waals surface area contributed by atoms with Crippen LogP contribution in [0, 0.1) is 11.8 Å². The number of esters is 1. The number of hydrogen-bond donors (Lipinski definition) is 2. The largest absolute Gasteiger partial charge is 0.466 e. The van der Waals surface area contributed by atoms with Gasteiger partial charge in [0.15, 0.2) is 0 Å². The summed E-state index contributed by atoms with van der Waals surface area (Å²) in [7, 11) is 0. The molecule has 0 aromatic carbocycles. The summed E-state index contributed by atoms with van der Waals surface area (Å²) in [5.41, 5.74) is 5.61. The first-order valence-electron chi connectivity index (χ1n) is 7.76. The van der Waals surface area contributed by atoms with Crippen molar-refractivity contribution in [3.8, 4) is 0 Å². The average molecular weight is 284 g/mol. The van der Waals surface area contributed by atoms with Gasteiger partial charge in [-0.05, 0) is 45.1 Å². The third kappa shape index (κ3) is 5.49. The van der Waals surface area contributed by atoms with Gasteiger partial charge in [0, 0.05) is 12.5 Å². The van der Waals surface area contributed by atoms with E-state index in [1.807, 2.05) is 6.92 Å². The molecule has 3 N–H and O–H groups in total. The summed E-state index contributed by atoms with van der Waals surface area (Å²) in [5, 5.41) is 3.06. The summed E-state index contributed by atoms with van der Waals surface area (Å²) in [6, 6.07) is 0.198. The number of amides is 1. The van der Waals surface area contributed by atoms with Gasteiger partial charge in [0.25, 0.3) is 0 Å². The molecule has 0 heterocycles. The molecular formula is C15H28N2O3. The maximum atomic E-state index is 11.9. The van der Waals surface area contributed by atoms with E-state index in [-0.39, 0.29) is 29.8 Å². The van der Waals surface area contributed by atoms with Crippen LogP contribution in [0.5, 0.6) is 0 Å². The highest BCUT2D eigenvalue weighted by molar-refractivity contribution is 5.76. The maximum Gasteiger partial charge on any atom is 0.308 e. The van der Waals surface area contributed by atoms with Gasteiger partial charge < -0.3 is 15.8 Å². The first-order valence-corrected chi connectivity index (χ1v) is 7.76. The van der Waals surface area contributed by atoms with Crippen molar-refractivity contribution in [2.24, 2.45) is 17.6 Å². The lowest BCUT2D eigenvalue weighted by Crippen LogP contribution is -2.40. The topological polar surface area (TPSA) is 81.4 Å². The van der Waals surface area contributed by atoms with Crippen molar-refractivity contribution in [1.29, 1.82) is 0 Å². The zero-order valence-electron chi connectivity index (χ0n) is 12.7. The Morgan fingerprint density at radius 1 is 1.25 bits per heavy atom. The molecule has 1 amide bonds. The number of hydrogen-bond acceptors (Lipinski definition) is 4. The Bertz CT molecular complexity index is 308. The zero-order chi connectivity index (χ0) is 15.0. The van der Waals surface area contributed by atoms with Gasteiger partial charge in [0.05, 0.1) is 12.5 Å². The van der Waals surface area contributed by atoms with Gasteiger partial charge in [-0.2, -0.15) is 0 Å². The van der Waals surface area contributed by atoms with Gasteiger partial charge in [-0.3, -0.25) is 9.59 Å². The number of carbonyl (C=O) groups excluding carboxylic acids is 2. The lowest BCUT2D eigenvalue weighted by molar-refractivity contribution is -0.149.